The van der Waals surface area contributed by atoms with Crippen LogP contribution in [-0.4, -0.2) is 46.9 Å². The number of hydrogen-bond acceptors (Lipinski definition) is 8. The predicted molar refractivity (Wildman–Crippen MR) is 135 cm³/mol. The molecular formula is C28H29NO8. The van der Waals surface area contributed by atoms with Crippen LogP contribution in [0.2, 0.25) is 0 Å². The Bertz CT molecular complexity index is 1270. The summed E-state index contributed by atoms with van der Waals surface area (Å²) in [4.78, 5) is 25.9. The van der Waals surface area contributed by atoms with Crippen LogP contribution in [0.5, 0.6) is 34.5 Å². The molecule has 0 fully saturated rings. The quantitative estimate of drug-likeness (QED) is 0.454. The van der Waals surface area contributed by atoms with Crippen molar-refractivity contribution in [2.24, 2.45) is 5.92 Å². The first kappa shape index (κ1) is 25.7. The van der Waals surface area contributed by atoms with E-state index in [2.05, 4.69) is 5.32 Å². The first-order valence-electron chi connectivity index (χ1n) is 11.7. The van der Waals surface area contributed by atoms with Crippen molar-refractivity contribution in [1.29, 1.82) is 0 Å². The van der Waals surface area contributed by atoms with E-state index in [1.54, 1.807) is 18.2 Å². The Balaban J connectivity index is 1.51. The topological polar surface area (TPSA) is 102 Å². The number of fused-ring (bicyclic) bond motifs is 1. The molecule has 1 atom stereocenters. The molecule has 37 heavy (non-hydrogen) atoms. The van der Waals surface area contributed by atoms with Gasteiger partial charge in [-0.1, -0.05) is 36.4 Å². The van der Waals surface area contributed by atoms with E-state index in [9.17, 15) is 9.59 Å². The number of methoxy groups -OCH3 is 4. The second kappa shape index (κ2) is 11.6. The van der Waals surface area contributed by atoms with Gasteiger partial charge in [0.15, 0.2) is 28.8 Å². The fourth-order valence-corrected chi connectivity index (χ4v) is 4.22. The van der Waals surface area contributed by atoms with Gasteiger partial charge in [0.25, 0.3) is 0 Å². The van der Waals surface area contributed by atoms with Gasteiger partial charge in [0.1, 0.15) is 11.3 Å². The summed E-state index contributed by atoms with van der Waals surface area (Å²) in [7, 11) is 5.94. The fourth-order valence-electron chi connectivity index (χ4n) is 4.22. The smallest absolute Gasteiger partial charge is 0.413 e. The Morgan fingerprint density at radius 1 is 0.865 bits per heavy atom. The molecular weight excluding hydrogens is 478 g/mol. The van der Waals surface area contributed by atoms with E-state index >= 15 is 0 Å². The summed E-state index contributed by atoms with van der Waals surface area (Å²) >= 11 is 0. The second-order valence-electron chi connectivity index (χ2n) is 8.31. The number of ether oxygens (including phenoxy) is 6. The molecule has 0 aliphatic carbocycles. The maximum Gasteiger partial charge on any atom is 0.413 e. The fraction of sp³-hybridized carbons (Fsp3) is 0.286. The maximum atomic E-state index is 13.5. The minimum Gasteiger partial charge on any atom is -0.493 e. The van der Waals surface area contributed by atoms with Gasteiger partial charge in [0, 0.05) is 12.6 Å². The Labute approximate surface area is 215 Å². The van der Waals surface area contributed by atoms with Gasteiger partial charge in [-0.15, -0.1) is 0 Å². The van der Waals surface area contributed by atoms with Crippen LogP contribution in [0.4, 0.5) is 4.79 Å². The van der Waals surface area contributed by atoms with Crippen molar-refractivity contribution in [3.8, 4) is 34.5 Å². The predicted octanol–water partition coefficient (Wildman–Crippen LogP) is 4.44. The number of rotatable bonds is 9. The van der Waals surface area contributed by atoms with Gasteiger partial charge in [-0.2, -0.15) is 0 Å². The zero-order valence-electron chi connectivity index (χ0n) is 21.2. The van der Waals surface area contributed by atoms with Crippen molar-refractivity contribution in [1.82, 2.24) is 5.32 Å². The van der Waals surface area contributed by atoms with E-state index in [1.807, 2.05) is 36.4 Å². The zero-order chi connectivity index (χ0) is 26.4. The minimum absolute atomic E-state index is 0.141. The van der Waals surface area contributed by atoms with E-state index in [1.165, 1.54) is 28.4 Å². The lowest BCUT2D eigenvalue weighted by atomic mass is 9.88. The number of benzene rings is 3. The molecule has 1 aliphatic heterocycles. The monoisotopic (exact) mass is 507 g/mol. The highest BCUT2D eigenvalue weighted by molar-refractivity contribution is 6.05. The summed E-state index contributed by atoms with van der Waals surface area (Å²) in [6, 6.07) is 16.3. The largest absolute Gasteiger partial charge is 0.493 e. The molecule has 3 aromatic rings. The van der Waals surface area contributed by atoms with Gasteiger partial charge in [-0.05, 0) is 29.7 Å². The van der Waals surface area contributed by atoms with Crippen LogP contribution in [0.3, 0.4) is 0 Å². The average molecular weight is 508 g/mol. The first-order chi connectivity index (χ1) is 18.0. The lowest BCUT2D eigenvalue weighted by molar-refractivity contribution is 0.0823. The second-order valence-corrected chi connectivity index (χ2v) is 8.31. The van der Waals surface area contributed by atoms with Crippen molar-refractivity contribution in [3.05, 3.63) is 71.3 Å². The normalized spacial score (nSPS) is 14.2. The Hall–Kier alpha value is -4.40. The third-order valence-corrected chi connectivity index (χ3v) is 6.04. The van der Waals surface area contributed by atoms with E-state index in [-0.39, 0.29) is 23.9 Å². The number of amides is 1. The summed E-state index contributed by atoms with van der Waals surface area (Å²) in [5, 5.41) is 2.72. The van der Waals surface area contributed by atoms with Crippen LogP contribution in [0.25, 0.3) is 0 Å². The highest BCUT2D eigenvalue weighted by atomic mass is 16.6. The summed E-state index contributed by atoms with van der Waals surface area (Å²) in [5.74, 6) is 1.39. The van der Waals surface area contributed by atoms with Gasteiger partial charge in [0.05, 0.1) is 41.0 Å². The van der Waals surface area contributed by atoms with E-state index in [0.717, 1.165) is 11.1 Å². The number of nitrogens with one attached hydrogen (secondary N) is 1. The van der Waals surface area contributed by atoms with E-state index < -0.39 is 12.0 Å². The van der Waals surface area contributed by atoms with Crippen molar-refractivity contribution in [2.75, 3.05) is 35.0 Å². The van der Waals surface area contributed by atoms with E-state index in [4.69, 9.17) is 28.4 Å². The lowest BCUT2D eigenvalue weighted by Gasteiger charge is -2.27. The van der Waals surface area contributed by atoms with Crippen LogP contribution < -0.4 is 33.7 Å². The molecule has 0 aromatic heterocycles. The van der Waals surface area contributed by atoms with Gasteiger partial charge < -0.3 is 33.7 Å². The molecule has 0 bridgehead atoms. The number of Topliss-reactive ketones (excluding diaryl/α,β-unsaturated/α-hetero) is 1. The van der Waals surface area contributed by atoms with Crippen LogP contribution in [0, 0.1) is 5.92 Å². The van der Waals surface area contributed by atoms with Gasteiger partial charge >= 0.3 is 6.09 Å². The standard InChI is InChI=1S/C28H29NO8/c1-32-20-11-10-18(13-21(20)37-28(31)29-15-17-8-6-5-7-9-17)12-19-16-36-22-14-23(33-2)26(34-3)27(35-4)24(22)25(19)30/h5-11,13-14,19H,12,15-16H2,1-4H3,(H,29,31). The number of carbonyl (C=O) groups is 2. The molecule has 194 valence electrons. The zero-order valence-corrected chi connectivity index (χ0v) is 21.2. The van der Waals surface area contributed by atoms with Crippen LogP contribution >= 0.6 is 0 Å². The molecule has 1 unspecified atom stereocenters. The van der Waals surface area contributed by atoms with E-state index in [0.29, 0.717) is 41.5 Å². The average Bonchev–Trinajstić information content (AvgIpc) is 2.93. The van der Waals surface area contributed by atoms with Crippen LogP contribution in [0.1, 0.15) is 21.5 Å². The number of carbonyl (C=O) groups excluding carboxylic acids is 2. The third-order valence-electron chi connectivity index (χ3n) is 6.04. The molecule has 4 rings (SSSR count). The van der Waals surface area contributed by atoms with Gasteiger partial charge in [0.2, 0.25) is 5.75 Å². The minimum atomic E-state index is -0.615. The lowest BCUT2D eigenvalue weighted by Crippen LogP contribution is -2.30. The number of ketones is 1. The third kappa shape index (κ3) is 5.55. The molecule has 3 aromatic carbocycles. The van der Waals surface area contributed by atoms with Gasteiger partial charge in [-0.25, -0.2) is 4.79 Å². The maximum absolute atomic E-state index is 13.5. The molecule has 0 radical (unpaired) electrons. The molecule has 0 saturated heterocycles. The molecule has 0 saturated carbocycles. The first-order valence-corrected chi connectivity index (χ1v) is 11.7. The highest BCUT2D eigenvalue weighted by Gasteiger charge is 2.35. The molecule has 9 nitrogen and oxygen atoms in total. The molecule has 0 spiro atoms. The Kier molecular flexibility index (Phi) is 8.02. The van der Waals surface area contributed by atoms with Crippen LogP contribution in [0.15, 0.2) is 54.6 Å². The summed E-state index contributed by atoms with van der Waals surface area (Å²) < 4.78 is 33.1. The molecule has 1 N–H and O–H groups in total. The summed E-state index contributed by atoms with van der Waals surface area (Å²) in [6.07, 6.45) is -0.266. The Morgan fingerprint density at radius 2 is 1.59 bits per heavy atom. The SMILES string of the molecule is COc1ccc(CC2COc3cc(OC)c(OC)c(OC)c3C2=O)cc1OC(=O)NCc1ccccc1. The highest BCUT2D eigenvalue weighted by Crippen LogP contribution is 2.47. The molecule has 1 aliphatic rings. The molecule has 9 heteroatoms. The van der Waals surface area contributed by atoms with Crippen molar-refractivity contribution in [2.45, 2.75) is 13.0 Å². The van der Waals surface area contributed by atoms with Crippen molar-refractivity contribution >= 4 is 11.9 Å². The van der Waals surface area contributed by atoms with Crippen molar-refractivity contribution < 1.29 is 38.0 Å². The van der Waals surface area contributed by atoms with Crippen molar-refractivity contribution in [3.63, 3.8) is 0 Å². The number of hydrogen-bond donors (Lipinski definition) is 1. The summed E-state index contributed by atoms with van der Waals surface area (Å²) in [5.41, 5.74) is 2.03. The molecule has 1 amide bonds. The Morgan fingerprint density at radius 3 is 2.27 bits per heavy atom. The van der Waals surface area contributed by atoms with Gasteiger partial charge in [-0.3, -0.25) is 4.79 Å². The summed E-state index contributed by atoms with van der Waals surface area (Å²) in [6.45, 7) is 0.495. The van der Waals surface area contributed by atoms with Crippen LogP contribution in [-0.2, 0) is 13.0 Å². The molecule has 1 heterocycles.